The summed E-state index contributed by atoms with van der Waals surface area (Å²) < 4.78 is 15.8. The summed E-state index contributed by atoms with van der Waals surface area (Å²) in [6, 6.07) is 7.23. The summed E-state index contributed by atoms with van der Waals surface area (Å²) in [4.78, 5) is 0. The maximum Gasteiger partial charge on any atom is 0.119 e. The first-order valence-electron chi connectivity index (χ1n) is 7.26. The Morgan fingerprint density at radius 2 is 1.71 bits per heavy atom. The van der Waals surface area contributed by atoms with Crippen molar-refractivity contribution in [1.29, 1.82) is 0 Å². The van der Waals surface area contributed by atoms with Crippen molar-refractivity contribution in [3.63, 3.8) is 0 Å². The number of benzene rings is 1. The molecule has 0 saturated carbocycles. The van der Waals surface area contributed by atoms with Gasteiger partial charge in [0.05, 0.1) is 25.4 Å². The van der Waals surface area contributed by atoms with E-state index in [1.54, 1.807) is 19.2 Å². The van der Waals surface area contributed by atoms with Gasteiger partial charge in [0.25, 0.3) is 0 Å². The van der Waals surface area contributed by atoms with Gasteiger partial charge in [0.15, 0.2) is 0 Å². The van der Waals surface area contributed by atoms with Crippen molar-refractivity contribution in [3.05, 3.63) is 29.8 Å². The predicted molar refractivity (Wildman–Crippen MR) is 80.5 cm³/mol. The SMILES string of the molecule is CC[C@@H](O)c1ccc(OCC(O)COC(C)COC)cc1. The lowest BCUT2D eigenvalue weighted by Crippen LogP contribution is -2.27. The molecule has 0 aliphatic carbocycles. The molecular weight excluding hydrogens is 272 g/mol. The zero-order valence-electron chi connectivity index (χ0n) is 13.0. The Labute approximate surface area is 126 Å². The smallest absolute Gasteiger partial charge is 0.119 e. The van der Waals surface area contributed by atoms with Crippen LogP contribution in [0.1, 0.15) is 31.9 Å². The first-order valence-corrected chi connectivity index (χ1v) is 7.26. The second-order valence-corrected chi connectivity index (χ2v) is 5.06. The number of hydrogen-bond donors (Lipinski definition) is 2. The molecule has 0 heterocycles. The molecule has 5 heteroatoms. The van der Waals surface area contributed by atoms with Gasteiger partial charge in [-0.05, 0) is 31.0 Å². The van der Waals surface area contributed by atoms with Gasteiger partial charge in [0, 0.05) is 7.11 Å². The lowest BCUT2D eigenvalue weighted by molar-refractivity contribution is -0.0423. The fourth-order valence-corrected chi connectivity index (χ4v) is 1.82. The van der Waals surface area contributed by atoms with E-state index in [-0.39, 0.29) is 19.3 Å². The van der Waals surface area contributed by atoms with Gasteiger partial charge >= 0.3 is 0 Å². The van der Waals surface area contributed by atoms with E-state index in [1.165, 1.54) is 0 Å². The second-order valence-electron chi connectivity index (χ2n) is 5.06. The molecule has 1 aromatic rings. The zero-order chi connectivity index (χ0) is 15.7. The van der Waals surface area contributed by atoms with Crippen LogP contribution in [0.3, 0.4) is 0 Å². The van der Waals surface area contributed by atoms with Crippen LogP contribution in [-0.2, 0) is 9.47 Å². The highest BCUT2D eigenvalue weighted by molar-refractivity contribution is 5.28. The molecule has 1 aromatic carbocycles. The minimum absolute atomic E-state index is 0.0561. The fourth-order valence-electron chi connectivity index (χ4n) is 1.82. The summed E-state index contributed by atoms with van der Waals surface area (Å²) in [5, 5.41) is 19.5. The van der Waals surface area contributed by atoms with E-state index in [1.807, 2.05) is 26.0 Å². The van der Waals surface area contributed by atoms with Gasteiger partial charge in [-0.1, -0.05) is 19.1 Å². The summed E-state index contributed by atoms with van der Waals surface area (Å²) >= 11 is 0. The Hall–Kier alpha value is -1.14. The van der Waals surface area contributed by atoms with Crippen LogP contribution in [0.2, 0.25) is 0 Å². The van der Waals surface area contributed by atoms with Gasteiger partial charge in [-0.15, -0.1) is 0 Å². The van der Waals surface area contributed by atoms with Crippen molar-refractivity contribution >= 4 is 0 Å². The van der Waals surface area contributed by atoms with Gasteiger partial charge in [-0.2, -0.15) is 0 Å². The molecule has 2 N–H and O–H groups in total. The van der Waals surface area contributed by atoms with Crippen LogP contribution < -0.4 is 4.74 Å². The minimum Gasteiger partial charge on any atom is -0.491 e. The number of methoxy groups -OCH3 is 1. The van der Waals surface area contributed by atoms with Crippen molar-refractivity contribution in [2.24, 2.45) is 0 Å². The largest absolute Gasteiger partial charge is 0.491 e. The quantitative estimate of drug-likeness (QED) is 0.691. The third-order valence-corrected chi connectivity index (χ3v) is 3.07. The van der Waals surface area contributed by atoms with E-state index in [0.717, 1.165) is 5.56 Å². The van der Waals surface area contributed by atoms with Crippen LogP contribution in [0.5, 0.6) is 5.75 Å². The summed E-state index contributed by atoms with van der Waals surface area (Å²) in [5.74, 6) is 0.658. The van der Waals surface area contributed by atoms with Crippen molar-refractivity contribution in [2.45, 2.75) is 38.6 Å². The molecule has 21 heavy (non-hydrogen) atoms. The van der Waals surface area contributed by atoms with Gasteiger partial charge in [0.1, 0.15) is 18.5 Å². The van der Waals surface area contributed by atoms with Crippen molar-refractivity contribution < 1.29 is 24.4 Å². The zero-order valence-corrected chi connectivity index (χ0v) is 13.0. The average molecular weight is 298 g/mol. The average Bonchev–Trinajstić information content (AvgIpc) is 2.51. The summed E-state index contributed by atoms with van der Waals surface area (Å²) in [5.41, 5.74) is 0.863. The molecule has 120 valence electrons. The number of hydrogen-bond acceptors (Lipinski definition) is 5. The Bertz CT molecular complexity index is 379. The van der Waals surface area contributed by atoms with Crippen molar-refractivity contribution in [1.82, 2.24) is 0 Å². The van der Waals surface area contributed by atoms with Crippen molar-refractivity contribution in [2.75, 3.05) is 26.9 Å². The lowest BCUT2D eigenvalue weighted by Gasteiger charge is -2.16. The maximum atomic E-state index is 9.78. The highest BCUT2D eigenvalue weighted by Crippen LogP contribution is 2.19. The normalized spacial score (nSPS) is 15.5. The van der Waals surface area contributed by atoms with E-state index < -0.39 is 12.2 Å². The van der Waals surface area contributed by atoms with Crippen LogP contribution in [0, 0.1) is 0 Å². The van der Waals surface area contributed by atoms with Crippen LogP contribution in [-0.4, -0.2) is 49.4 Å². The molecule has 0 aromatic heterocycles. The van der Waals surface area contributed by atoms with E-state index in [2.05, 4.69) is 0 Å². The van der Waals surface area contributed by atoms with Gasteiger partial charge in [0.2, 0.25) is 0 Å². The molecule has 0 bridgehead atoms. The predicted octanol–water partition coefficient (Wildman–Crippen LogP) is 1.92. The number of ether oxygens (including phenoxy) is 3. The molecule has 3 atom stereocenters. The molecule has 1 rings (SSSR count). The number of rotatable bonds is 10. The molecule has 0 spiro atoms. The minimum atomic E-state index is -0.690. The molecule has 0 saturated heterocycles. The Morgan fingerprint density at radius 1 is 1.05 bits per heavy atom. The lowest BCUT2D eigenvalue weighted by atomic mass is 10.1. The summed E-state index contributed by atoms with van der Waals surface area (Å²) in [6.07, 6.45) is -0.513. The fraction of sp³-hybridized carbons (Fsp3) is 0.625. The first kappa shape index (κ1) is 17.9. The molecule has 0 fully saturated rings. The Balaban J connectivity index is 2.31. The third-order valence-electron chi connectivity index (χ3n) is 3.07. The van der Waals surface area contributed by atoms with E-state index >= 15 is 0 Å². The topological polar surface area (TPSA) is 68.2 Å². The van der Waals surface area contributed by atoms with E-state index in [4.69, 9.17) is 14.2 Å². The number of aliphatic hydroxyl groups is 2. The van der Waals surface area contributed by atoms with E-state index in [0.29, 0.717) is 18.8 Å². The molecule has 0 aliphatic rings. The molecular formula is C16H26O5. The second kappa shape index (κ2) is 9.73. The molecule has 0 radical (unpaired) electrons. The Morgan fingerprint density at radius 3 is 2.29 bits per heavy atom. The molecule has 2 unspecified atom stereocenters. The van der Waals surface area contributed by atoms with Crippen LogP contribution in [0.25, 0.3) is 0 Å². The van der Waals surface area contributed by atoms with Gasteiger partial charge in [-0.25, -0.2) is 0 Å². The van der Waals surface area contributed by atoms with Crippen LogP contribution in [0.15, 0.2) is 24.3 Å². The maximum absolute atomic E-state index is 9.78. The third kappa shape index (κ3) is 6.91. The highest BCUT2D eigenvalue weighted by Gasteiger charge is 2.09. The van der Waals surface area contributed by atoms with Crippen LogP contribution >= 0.6 is 0 Å². The molecule has 0 aliphatic heterocycles. The van der Waals surface area contributed by atoms with Crippen LogP contribution in [0.4, 0.5) is 0 Å². The monoisotopic (exact) mass is 298 g/mol. The highest BCUT2D eigenvalue weighted by atomic mass is 16.5. The standard InChI is InChI=1S/C16H26O5/c1-4-16(18)13-5-7-15(8-6-13)21-11-14(17)10-20-12(2)9-19-3/h5-8,12,14,16-18H,4,9-11H2,1-3H3/t12?,14?,16-/m1/s1. The number of aliphatic hydroxyl groups excluding tert-OH is 2. The molecule has 5 nitrogen and oxygen atoms in total. The summed E-state index contributed by atoms with van der Waals surface area (Å²) in [7, 11) is 1.61. The summed E-state index contributed by atoms with van der Waals surface area (Å²) in [6.45, 7) is 4.67. The van der Waals surface area contributed by atoms with Crippen molar-refractivity contribution in [3.8, 4) is 5.75 Å². The van der Waals surface area contributed by atoms with Gasteiger partial charge in [-0.3, -0.25) is 0 Å². The van der Waals surface area contributed by atoms with E-state index in [9.17, 15) is 10.2 Å². The first-order chi connectivity index (χ1) is 10.1. The Kier molecular flexibility index (Phi) is 8.30. The molecule has 0 amide bonds. The van der Waals surface area contributed by atoms with Gasteiger partial charge < -0.3 is 24.4 Å².